The number of nitrogens with zero attached hydrogens (tertiary/aromatic N) is 2. The Kier molecular flexibility index (Phi) is 7.40. The molecule has 0 saturated heterocycles. The van der Waals surface area contributed by atoms with Crippen molar-refractivity contribution in [3.05, 3.63) is 47.9 Å². The predicted octanol–water partition coefficient (Wildman–Crippen LogP) is 3.47. The van der Waals surface area contributed by atoms with Gasteiger partial charge in [-0.05, 0) is 43.7 Å². The molecule has 2 rings (SSSR count). The van der Waals surface area contributed by atoms with E-state index in [1.807, 2.05) is 19.9 Å². The Balaban J connectivity index is 1.81. The largest absolute Gasteiger partial charge is 0.462 e. The zero-order chi connectivity index (χ0) is 18.1. The number of thioether (sulfide) groups is 1. The molecule has 0 aliphatic heterocycles. The number of rotatable bonds is 8. The molecule has 0 saturated carbocycles. The summed E-state index contributed by atoms with van der Waals surface area (Å²) >= 11 is 1.34. The molecule has 1 heterocycles. The van der Waals surface area contributed by atoms with Crippen molar-refractivity contribution in [3.8, 4) is 0 Å². The average molecular weight is 359 g/mol. The molecule has 1 aromatic carbocycles. The van der Waals surface area contributed by atoms with Crippen LogP contribution in [0.1, 0.15) is 35.8 Å². The van der Waals surface area contributed by atoms with E-state index >= 15 is 0 Å². The number of unbranched alkanes of at least 4 members (excludes halogenated alkanes) is 1. The average Bonchev–Trinajstić information content (AvgIpc) is 2.61. The summed E-state index contributed by atoms with van der Waals surface area (Å²) < 4.78 is 5.14. The number of ether oxygens (including phenoxy) is 1. The van der Waals surface area contributed by atoms with Crippen LogP contribution in [0.4, 0.5) is 5.69 Å². The maximum Gasteiger partial charge on any atom is 0.338 e. The Bertz CT molecular complexity index is 720. The molecule has 0 unspecified atom stereocenters. The molecule has 0 bridgehead atoms. The molecule has 0 spiro atoms. The van der Waals surface area contributed by atoms with E-state index < -0.39 is 0 Å². The fraction of sp³-hybridized carbons (Fsp3) is 0.333. The van der Waals surface area contributed by atoms with E-state index in [9.17, 15) is 9.59 Å². The lowest BCUT2D eigenvalue weighted by Gasteiger charge is -2.07. The molecular formula is C18H21N3O3S. The number of hydrogen-bond donors (Lipinski definition) is 1. The van der Waals surface area contributed by atoms with Crippen molar-refractivity contribution >= 4 is 29.3 Å². The highest BCUT2D eigenvalue weighted by atomic mass is 32.2. The van der Waals surface area contributed by atoms with E-state index in [0.29, 0.717) is 17.9 Å². The lowest BCUT2D eigenvalue weighted by atomic mass is 10.2. The van der Waals surface area contributed by atoms with Gasteiger partial charge in [0.05, 0.1) is 17.9 Å². The van der Waals surface area contributed by atoms with Gasteiger partial charge in [0.25, 0.3) is 0 Å². The first-order valence-corrected chi connectivity index (χ1v) is 9.05. The molecule has 2 aromatic rings. The van der Waals surface area contributed by atoms with Crippen LogP contribution in [-0.4, -0.2) is 34.2 Å². The van der Waals surface area contributed by atoms with Crippen LogP contribution in [0.5, 0.6) is 0 Å². The molecule has 0 atom stereocenters. The van der Waals surface area contributed by atoms with E-state index in [4.69, 9.17) is 4.74 Å². The molecule has 0 aliphatic carbocycles. The van der Waals surface area contributed by atoms with E-state index in [1.165, 1.54) is 18.1 Å². The van der Waals surface area contributed by atoms with Gasteiger partial charge in [0.15, 0.2) is 0 Å². The summed E-state index contributed by atoms with van der Waals surface area (Å²) in [7, 11) is 0. The Morgan fingerprint density at radius 3 is 2.64 bits per heavy atom. The van der Waals surface area contributed by atoms with Gasteiger partial charge in [-0.2, -0.15) is 0 Å². The number of carbonyl (C=O) groups excluding carboxylic acids is 2. The summed E-state index contributed by atoms with van der Waals surface area (Å²) in [5, 5.41) is 3.55. The zero-order valence-electron chi connectivity index (χ0n) is 14.3. The molecule has 0 aliphatic rings. The lowest BCUT2D eigenvalue weighted by Crippen LogP contribution is -2.14. The smallest absolute Gasteiger partial charge is 0.338 e. The van der Waals surface area contributed by atoms with Gasteiger partial charge in [0.1, 0.15) is 11.4 Å². The number of nitrogens with one attached hydrogen (secondary N) is 1. The Labute approximate surface area is 151 Å². The van der Waals surface area contributed by atoms with Crippen molar-refractivity contribution in [3.63, 3.8) is 0 Å². The van der Waals surface area contributed by atoms with Crippen molar-refractivity contribution in [2.75, 3.05) is 17.7 Å². The molecule has 1 amide bonds. The first-order valence-electron chi connectivity index (χ1n) is 8.07. The van der Waals surface area contributed by atoms with E-state index in [2.05, 4.69) is 15.3 Å². The van der Waals surface area contributed by atoms with Crippen LogP contribution in [0.25, 0.3) is 0 Å². The number of esters is 1. The highest BCUT2D eigenvalue weighted by Gasteiger charge is 2.08. The molecule has 0 fully saturated rings. The number of aromatic nitrogens is 2. The van der Waals surface area contributed by atoms with Gasteiger partial charge in [-0.25, -0.2) is 14.8 Å². The first kappa shape index (κ1) is 18.9. The molecule has 0 radical (unpaired) electrons. The van der Waals surface area contributed by atoms with Gasteiger partial charge in [0.2, 0.25) is 5.91 Å². The fourth-order valence-electron chi connectivity index (χ4n) is 1.93. The minimum Gasteiger partial charge on any atom is -0.462 e. The van der Waals surface area contributed by atoms with Crippen LogP contribution in [0, 0.1) is 6.92 Å². The minimum atomic E-state index is -0.346. The summed E-state index contributed by atoms with van der Waals surface area (Å²) in [5.41, 5.74) is 1.97. The predicted molar refractivity (Wildman–Crippen MR) is 97.8 cm³/mol. The Hall–Kier alpha value is -2.41. The van der Waals surface area contributed by atoms with Crippen LogP contribution in [0.3, 0.4) is 0 Å². The van der Waals surface area contributed by atoms with Crippen molar-refractivity contribution in [1.82, 2.24) is 9.97 Å². The molecular weight excluding hydrogens is 338 g/mol. The van der Waals surface area contributed by atoms with Gasteiger partial charge in [-0.3, -0.25) is 4.79 Å². The quantitative estimate of drug-likeness (QED) is 0.336. The maximum atomic E-state index is 12.0. The third-order valence-electron chi connectivity index (χ3n) is 3.27. The number of anilines is 1. The van der Waals surface area contributed by atoms with Gasteiger partial charge in [-0.15, -0.1) is 0 Å². The summed E-state index contributed by atoms with van der Waals surface area (Å²) in [4.78, 5) is 31.9. The molecule has 7 heteroatoms. The fourth-order valence-corrected chi connectivity index (χ4v) is 2.65. The number of carbonyl (C=O) groups is 2. The standard InChI is InChI=1S/C18H21N3O3S/c1-3-4-9-24-18(23)14-5-7-15(8-6-14)21-16(22)11-25-17-10-13(2)19-12-20-17/h5-8,10,12H,3-4,9,11H2,1-2H3,(H,21,22). The van der Waals surface area contributed by atoms with Crippen LogP contribution in [-0.2, 0) is 9.53 Å². The van der Waals surface area contributed by atoms with Crippen molar-refractivity contribution in [1.29, 1.82) is 0 Å². The van der Waals surface area contributed by atoms with Gasteiger partial charge >= 0.3 is 5.97 Å². The maximum absolute atomic E-state index is 12.0. The number of amides is 1. The second-order valence-electron chi connectivity index (χ2n) is 5.40. The highest BCUT2D eigenvalue weighted by molar-refractivity contribution is 7.99. The Morgan fingerprint density at radius 1 is 1.20 bits per heavy atom. The van der Waals surface area contributed by atoms with Gasteiger partial charge in [0, 0.05) is 11.4 Å². The second-order valence-corrected chi connectivity index (χ2v) is 6.40. The van der Waals surface area contributed by atoms with Crippen LogP contribution in [0.15, 0.2) is 41.7 Å². The second kappa shape index (κ2) is 9.78. The normalized spacial score (nSPS) is 10.3. The summed E-state index contributed by atoms with van der Waals surface area (Å²) in [5.74, 6) is -0.238. The molecule has 25 heavy (non-hydrogen) atoms. The van der Waals surface area contributed by atoms with E-state index in [1.54, 1.807) is 24.3 Å². The van der Waals surface area contributed by atoms with Crippen molar-refractivity contribution in [2.45, 2.75) is 31.7 Å². The third-order valence-corrected chi connectivity index (χ3v) is 4.19. The lowest BCUT2D eigenvalue weighted by molar-refractivity contribution is -0.113. The topological polar surface area (TPSA) is 81.2 Å². The highest BCUT2D eigenvalue weighted by Crippen LogP contribution is 2.16. The SMILES string of the molecule is CCCCOC(=O)c1ccc(NC(=O)CSc2cc(C)ncn2)cc1. The minimum absolute atomic E-state index is 0.139. The molecule has 132 valence electrons. The summed E-state index contributed by atoms with van der Waals surface area (Å²) in [6.07, 6.45) is 3.31. The number of hydrogen-bond acceptors (Lipinski definition) is 6. The van der Waals surface area contributed by atoms with Crippen molar-refractivity contribution in [2.24, 2.45) is 0 Å². The zero-order valence-corrected chi connectivity index (χ0v) is 15.1. The first-order chi connectivity index (χ1) is 12.1. The number of aryl methyl sites for hydroxylation is 1. The summed E-state index contributed by atoms with van der Waals surface area (Å²) in [6, 6.07) is 8.49. The molecule has 1 aromatic heterocycles. The van der Waals surface area contributed by atoms with Crippen molar-refractivity contribution < 1.29 is 14.3 Å². The van der Waals surface area contributed by atoms with Gasteiger partial charge in [-0.1, -0.05) is 25.1 Å². The molecule has 6 nitrogen and oxygen atoms in total. The van der Waals surface area contributed by atoms with E-state index in [0.717, 1.165) is 23.6 Å². The van der Waals surface area contributed by atoms with Crippen LogP contribution in [0.2, 0.25) is 0 Å². The van der Waals surface area contributed by atoms with Crippen LogP contribution >= 0.6 is 11.8 Å². The van der Waals surface area contributed by atoms with Gasteiger partial charge < -0.3 is 10.1 Å². The van der Waals surface area contributed by atoms with E-state index in [-0.39, 0.29) is 17.6 Å². The monoisotopic (exact) mass is 359 g/mol. The Morgan fingerprint density at radius 2 is 1.96 bits per heavy atom. The third kappa shape index (κ3) is 6.54. The van der Waals surface area contributed by atoms with Crippen LogP contribution < -0.4 is 5.32 Å². The number of benzene rings is 1. The summed E-state index contributed by atoms with van der Waals surface area (Å²) in [6.45, 7) is 4.34. The molecule has 1 N–H and O–H groups in total.